The van der Waals surface area contributed by atoms with Crippen LogP contribution in [0.3, 0.4) is 0 Å². The number of aromatic amines is 1. The molecule has 1 heterocycles. The maximum Gasteiger partial charge on any atom is 0.218 e. The van der Waals surface area contributed by atoms with E-state index in [2.05, 4.69) is 10.3 Å². The molecule has 0 saturated carbocycles. The average Bonchev–Trinajstić information content (AvgIpc) is 2.66. The zero-order valence-corrected chi connectivity index (χ0v) is 10.1. The van der Waals surface area contributed by atoms with Gasteiger partial charge in [-0.3, -0.25) is 4.79 Å². The number of nitrogens with one attached hydrogen (secondary N) is 2. The van der Waals surface area contributed by atoms with Crippen molar-refractivity contribution in [3.8, 4) is 0 Å². The summed E-state index contributed by atoms with van der Waals surface area (Å²) in [6, 6.07) is 5.74. The fraction of sp³-hybridized carbons (Fsp3) is 0.250. The van der Waals surface area contributed by atoms with Gasteiger partial charge in [-0.15, -0.1) is 0 Å². The van der Waals surface area contributed by atoms with Gasteiger partial charge in [0.15, 0.2) is 0 Å². The lowest BCUT2D eigenvalue weighted by Gasteiger charge is -2.02. The van der Waals surface area contributed by atoms with Crippen LogP contribution in [-0.2, 0) is 11.3 Å². The summed E-state index contributed by atoms with van der Waals surface area (Å²) in [6.07, 6.45) is 2.30. The molecule has 0 bridgehead atoms. The predicted molar refractivity (Wildman–Crippen MR) is 68.8 cm³/mol. The van der Waals surface area contributed by atoms with E-state index in [1.165, 1.54) is 0 Å². The summed E-state index contributed by atoms with van der Waals surface area (Å²) >= 11 is 5.90. The summed E-state index contributed by atoms with van der Waals surface area (Å²) < 4.78 is 0. The Morgan fingerprint density at radius 1 is 1.47 bits per heavy atom. The minimum absolute atomic E-state index is 0.289. The molecule has 0 unspecified atom stereocenters. The molecule has 0 radical (unpaired) electrons. The van der Waals surface area contributed by atoms with E-state index >= 15 is 0 Å². The smallest absolute Gasteiger partial charge is 0.218 e. The quantitative estimate of drug-likeness (QED) is 0.709. The SMILES string of the molecule is NC(=O)CCNCc1c[nH]c2cc(Cl)ccc12. The third kappa shape index (κ3) is 2.99. The van der Waals surface area contributed by atoms with Gasteiger partial charge in [0.25, 0.3) is 0 Å². The van der Waals surface area contributed by atoms with E-state index in [4.69, 9.17) is 17.3 Å². The van der Waals surface area contributed by atoms with Gasteiger partial charge in [0.05, 0.1) is 0 Å². The molecule has 0 aliphatic heterocycles. The Balaban J connectivity index is 2.01. The Kier molecular flexibility index (Phi) is 3.66. The van der Waals surface area contributed by atoms with Crippen LogP contribution in [0, 0.1) is 0 Å². The lowest BCUT2D eigenvalue weighted by atomic mass is 10.2. The number of carbonyl (C=O) groups excluding carboxylic acids is 1. The standard InChI is InChI=1S/C12H14ClN3O/c13-9-1-2-10-8(7-16-11(10)5-9)6-15-4-3-12(14)17/h1-2,5,7,15-16H,3-4,6H2,(H2,14,17). The number of benzene rings is 1. The van der Waals surface area contributed by atoms with Crippen molar-refractivity contribution in [1.29, 1.82) is 0 Å². The molecule has 0 fully saturated rings. The van der Waals surface area contributed by atoms with E-state index in [1.807, 2.05) is 24.4 Å². The van der Waals surface area contributed by atoms with Crippen molar-refractivity contribution in [2.75, 3.05) is 6.54 Å². The third-order valence-corrected chi connectivity index (χ3v) is 2.83. The van der Waals surface area contributed by atoms with E-state index in [9.17, 15) is 4.79 Å². The first-order valence-corrected chi connectivity index (χ1v) is 5.79. The van der Waals surface area contributed by atoms with Crippen LogP contribution < -0.4 is 11.1 Å². The minimum Gasteiger partial charge on any atom is -0.370 e. The molecule has 5 heteroatoms. The third-order valence-electron chi connectivity index (χ3n) is 2.59. The van der Waals surface area contributed by atoms with Gasteiger partial charge >= 0.3 is 0 Å². The number of amides is 1. The number of primary amides is 1. The fourth-order valence-electron chi connectivity index (χ4n) is 1.74. The Morgan fingerprint density at radius 3 is 3.06 bits per heavy atom. The number of H-pyrrole nitrogens is 1. The summed E-state index contributed by atoms with van der Waals surface area (Å²) in [4.78, 5) is 13.7. The van der Waals surface area contributed by atoms with Gasteiger partial charge in [-0.05, 0) is 17.7 Å². The van der Waals surface area contributed by atoms with E-state index in [1.54, 1.807) is 0 Å². The maximum atomic E-state index is 10.6. The molecule has 0 spiro atoms. The van der Waals surface area contributed by atoms with Crippen molar-refractivity contribution >= 4 is 28.4 Å². The normalized spacial score (nSPS) is 10.9. The van der Waals surface area contributed by atoms with E-state index in [-0.39, 0.29) is 5.91 Å². The molecule has 1 aromatic carbocycles. The van der Waals surface area contributed by atoms with Crippen LogP contribution in [0.1, 0.15) is 12.0 Å². The van der Waals surface area contributed by atoms with Crippen LogP contribution in [0.4, 0.5) is 0 Å². The average molecular weight is 252 g/mol. The van der Waals surface area contributed by atoms with E-state index in [0.29, 0.717) is 24.5 Å². The van der Waals surface area contributed by atoms with Crippen LogP contribution >= 0.6 is 11.6 Å². The first-order valence-electron chi connectivity index (χ1n) is 5.41. The fourth-order valence-corrected chi connectivity index (χ4v) is 1.91. The molecule has 0 aliphatic carbocycles. The number of hydrogen-bond donors (Lipinski definition) is 3. The number of aromatic nitrogens is 1. The van der Waals surface area contributed by atoms with Gasteiger partial charge in [0.2, 0.25) is 5.91 Å². The second-order valence-corrected chi connectivity index (χ2v) is 4.33. The molecule has 90 valence electrons. The van der Waals surface area contributed by atoms with E-state index < -0.39 is 0 Å². The number of hydrogen-bond acceptors (Lipinski definition) is 2. The van der Waals surface area contributed by atoms with Gasteiger partial charge in [-0.2, -0.15) is 0 Å². The van der Waals surface area contributed by atoms with Gasteiger partial charge in [-0.1, -0.05) is 17.7 Å². The molecule has 2 aromatic rings. The highest BCUT2D eigenvalue weighted by Crippen LogP contribution is 2.21. The molecule has 4 N–H and O–H groups in total. The van der Waals surface area contributed by atoms with Crippen molar-refractivity contribution in [3.05, 3.63) is 35.0 Å². The van der Waals surface area contributed by atoms with E-state index in [0.717, 1.165) is 16.5 Å². The Bertz CT molecular complexity index is 536. The van der Waals surface area contributed by atoms with Gasteiger partial charge in [0, 0.05) is 41.6 Å². The second kappa shape index (κ2) is 5.21. The molecule has 0 aliphatic rings. The summed E-state index contributed by atoms with van der Waals surface area (Å²) in [5.74, 6) is -0.289. The largest absolute Gasteiger partial charge is 0.370 e. The van der Waals surface area contributed by atoms with Gasteiger partial charge in [-0.25, -0.2) is 0 Å². The molecule has 2 rings (SSSR count). The van der Waals surface area contributed by atoms with Crippen molar-refractivity contribution in [2.45, 2.75) is 13.0 Å². The number of rotatable bonds is 5. The zero-order chi connectivity index (χ0) is 12.3. The highest BCUT2D eigenvalue weighted by molar-refractivity contribution is 6.31. The molecule has 0 saturated heterocycles. The molecule has 4 nitrogen and oxygen atoms in total. The molecule has 0 atom stereocenters. The van der Waals surface area contributed by atoms with Crippen LogP contribution in [-0.4, -0.2) is 17.4 Å². The predicted octanol–water partition coefficient (Wildman–Crippen LogP) is 1.79. The maximum absolute atomic E-state index is 10.6. The van der Waals surface area contributed by atoms with Crippen LogP contribution in [0.15, 0.2) is 24.4 Å². The Hall–Kier alpha value is -1.52. The van der Waals surface area contributed by atoms with Gasteiger partial charge in [0.1, 0.15) is 0 Å². The van der Waals surface area contributed by atoms with Crippen molar-refractivity contribution < 1.29 is 4.79 Å². The lowest BCUT2D eigenvalue weighted by molar-refractivity contribution is -0.117. The second-order valence-electron chi connectivity index (χ2n) is 3.90. The van der Waals surface area contributed by atoms with Crippen LogP contribution in [0.2, 0.25) is 5.02 Å². The molecular formula is C12H14ClN3O. The summed E-state index contributed by atoms with van der Waals surface area (Å²) in [5.41, 5.74) is 7.23. The Morgan fingerprint density at radius 2 is 2.29 bits per heavy atom. The van der Waals surface area contributed by atoms with Crippen molar-refractivity contribution in [2.24, 2.45) is 5.73 Å². The summed E-state index contributed by atoms with van der Waals surface area (Å²) in [6.45, 7) is 1.30. The monoisotopic (exact) mass is 251 g/mol. The molecule has 1 amide bonds. The lowest BCUT2D eigenvalue weighted by Crippen LogP contribution is -2.21. The zero-order valence-electron chi connectivity index (χ0n) is 9.29. The Labute approximate surface area is 104 Å². The van der Waals surface area contributed by atoms with Crippen LogP contribution in [0.25, 0.3) is 10.9 Å². The number of halogens is 1. The molecule has 17 heavy (non-hydrogen) atoms. The number of carbonyl (C=O) groups is 1. The highest BCUT2D eigenvalue weighted by Gasteiger charge is 2.03. The minimum atomic E-state index is -0.289. The van der Waals surface area contributed by atoms with Crippen molar-refractivity contribution in [3.63, 3.8) is 0 Å². The highest BCUT2D eigenvalue weighted by atomic mass is 35.5. The van der Waals surface area contributed by atoms with Crippen LogP contribution in [0.5, 0.6) is 0 Å². The first kappa shape index (κ1) is 12.0. The summed E-state index contributed by atoms with van der Waals surface area (Å²) in [5, 5.41) is 5.03. The number of nitrogens with two attached hydrogens (primary N) is 1. The molecular weight excluding hydrogens is 238 g/mol. The van der Waals surface area contributed by atoms with Crippen molar-refractivity contribution in [1.82, 2.24) is 10.3 Å². The summed E-state index contributed by atoms with van der Waals surface area (Å²) in [7, 11) is 0. The number of fused-ring (bicyclic) bond motifs is 1. The molecule has 1 aromatic heterocycles. The topological polar surface area (TPSA) is 70.9 Å². The first-order chi connectivity index (χ1) is 8.16. The van der Waals surface area contributed by atoms with Gasteiger partial charge < -0.3 is 16.0 Å².